The van der Waals surface area contributed by atoms with Crippen LogP contribution >= 0.6 is 0 Å². The van der Waals surface area contributed by atoms with Gasteiger partial charge in [0.2, 0.25) is 0 Å². The minimum absolute atomic E-state index is 0.180. The number of alkyl halides is 3. The highest BCUT2D eigenvalue weighted by atomic mass is 19.4. The molecule has 2 fully saturated rings. The molecule has 5 rings (SSSR count). The molecule has 1 amide bonds. The zero-order chi connectivity index (χ0) is 30.6. The van der Waals surface area contributed by atoms with Crippen LogP contribution in [0.5, 0.6) is 5.75 Å². The van der Waals surface area contributed by atoms with Gasteiger partial charge in [-0.2, -0.15) is 13.2 Å². The van der Waals surface area contributed by atoms with Gasteiger partial charge in [0, 0.05) is 37.4 Å². The van der Waals surface area contributed by atoms with Crippen LogP contribution in [-0.4, -0.2) is 55.7 Å². The lowest BCUT2D eigenvalue weighted by atomic mass is 9.82. The van der Waals surface area contributed by atoms with Crippen LogP contribution in [0.4, 0.5) is 18.9 Å². The van der Waals surface area contributed by atoms with E-state index in [1.165, 1.54) is 11.6 Å². The SMILES string of the molecule is COc1cccc(CCC2CCCCC3(CCC2)OC(=O)C(C)=C3C(=O)N2CCN(c3cccc(C(F)(F)F)c3)CC2)c1. The van der Waals surface area contributed by atoms with E-state index < -0.39 is 23.3 Å². The molecule has 1 saturated carbocycles. The maximum atomic E-state index is 14.0. The molecule has 0 aromatic heterocycles. The molecule has 0 radical (unpaired) electrons. The number of carbonyl (C=O) groups is 2. The van der Waals surface area contributed by atoms with E-state index in [2.05, 4.69) is 12.1 Å². The summed E-state index contributed by atoms with van der Waals surface area (Å²) in [6.45, 7) is 3.24. The fourth-order valence-electron chi connectivity index (χ4n) is 6.94. The van der Waals surface area contributed by atoms with E-state index in [4.69, 9.17) is 9.47 Å². The summed E-state index contributed by atoms with van der Waals surface area (Å²) >= 11 is 0. The fourth-order valence-corrected chi connectivity index (χ4v) is 6.94. The molecule has 0 bridgehead atoms. The Balaban J connectivity index is 1.22. The van der Waals surface area contributed by atoms with E-state index in [-0.39, 0.29) is 5.91 Å². The number of methoxy groups -OCH3 is 1. The topological polar surface area (TPSA) is 59.1 Å². The predicted octanol–water partition coefficient (Wildman–Crippen LogP) is 6.97. The van der Waals surface area contributed by atoms with Crippen molar-refractivity contribution in [2.45, 2.75) is 76.5 Å². The summed E-state index contributed by atoms with van der Waals surface area (Å²) in [6, 6.07) is 13.5. The minimum Gasteiger partial charge on any atom is -0.497 e. The third kappa shape index (κ3) is 7.02. The van der Waals surface area contributed by atoms with Gasteiger partial charge in [-0.25, -0.2) is 4.79 Å². The Kier molecular flexibility index (Phi) is 9.37. The van der Waals surface area contributed by atoms with Crippen LogP contribution in [0.3, 0.4) is 0 Å². The lowest BCUT2D eigenvalue weighted by Crippen LogP contribution is -2.51. The van der Waals surface area contributed by atoms with Crippen molar-refractivity contribution in [2.75, 3.05) is 38.2 Å². The van der Waals surface area contributed by atoms with E-state index in [0.29, 0.717) is 61.8 Å². The third-order valence-corrected chi connectivity index (χ3v) is 9.36. The van der Waals surface area contributed by atoms with E-state index in [9.17, 15) is 22.8 Å². The number of hydrogen-bond donors (Lipinski definition) is 0. The molecule has 9 heteroatoms. The first-order chi connectivity index (χ1) is 20.6. The van der Waals surface area contributed by atoms with Crippen molar-refractivity contribution in [3.8, 4) is 5.75 Å². The van der Waals surface area contributed by atoms with Crippen LogP contribution in [0.25, 0.3) is 0 Å². The van der Waals surface area contributed by atoms with Crippen molar-refractivity contribution < 1.29 is 32.2 Å². The molecule has 2 unspecified atom stereocenters. The molecular weight excluding hydrogens is 557 g/mol. The lowest BCUT2D eigenvalue weighted by molar-refractivity contribution is -0.149. The first-order valence-electron chi connectivity index (χ1n) is 15.4. The van der Waals surface area contributed by atoms with Crippen molar-refractivity contribution in [2.24, 2.45) is 5.92 Å². The van der Waals surface area contributed by atoms with Gasteiger partial charge in [-0.05, 0) is 87.3 Å². The highest BCUT2D eigenvalue weighted by Gasteiger charge is 2.50. The second kappa shape index (κ2) is 13.0. The summed E-state index contributed by atoms with van der Waals surface area (Å²) in [4.78, 5) is 30.5. The average molecular weight is 599 g/mol. The molecule has 6 nitrogen and oxygen atoms in total. The Morgan fingerprint density at radius 1 is 1.00 bits per heavy atom. The summed E-state index contributed by atoms with van der Waals surface area (Å²) in [5, 5.41) is 0. The molecule has 2 aromatic carbocycles. The van der Waals surface area contributed by atoms with Gasteiger partial charge in [0.05, 0.1) is 18.2 Å². The van der Waals surface area contributed by atoms with E-state index in [0.717, 1.165) is 62.8 Å². The van der Waals surface area contributed by atoms with Crippen LogP contribution < -0.4 is 9.64 Å². The number of hydrogen-bond acceptors (Lipinski definition) is 5. The smallest absolute Gasteiger partial charge is 0.416 e. The van der Waals surface area contributed by atoms with Gasteiger partial charge in [-0.15, -0.1) is 0 Å². The van der Waals surface area contributed by atoms with Crippen molar-refractivity contribution in [1.29, 1.82) is 0 Å². The Morgan fingerprint density at radius 2 is 1.72 bits per heavy atom. The third-order valence-electron chi connectivity index (χ3n) is 9.36. The molecule has 2 aliphatic heterocycles. The van der Waals surface area contributed by atoms with Crippen LogP contribution in [0, 0.1) is 5.92 Å². The number of rotatable bonds is 6. The van der Waals surface area contributed by atoms with Crippen LogP contribution in [0.2, 0.25) is 0 Å². The lowest BCUT2D eigenvalue weighted by Gasteiger charge is -2.38. The second-order valence-electron chi connectivity index (χ2n) is 12.1. The molecule has 2 heterocycles. The number of benzene rings is 2. The number of aryl methyl sites for hydroxylation is 1. The van der Waals surface area contributed by atoms with Gasteiger partial charge in [0.25, 0.3) is 5.91 Å². The molecule has 2 atom stereocenters. The predicted molar refractivity (Wildman–Crippen MR) is 159 cm³/mol. The number of esters is 1. The normalized spacial score (nSPS) is 23.6. The Bertz CT molecular complexity index is 1350. The quantitative estimate of drug-likeness (QED) is 0.336. The Labute approximate surface area is 251 Å². The maximum absolute atomic E-state index is 14.0. The van der Waals surface area contributed by atoms with Crippen molar-refractivity contribution >= 4 is 17.6 Å². The van der Waals surface area contributed by atoms with Gasteiger partial charge < -0.3 is 19.3 Å². The van der Waals surface area contributed by atoms with E-state index >= 15 is 0 Å². The number of nitrogens with zero attached hydrogens (tertiary/aromatic N) is 2. The summed E-state index contributed by atoms with van der Waals surface area (Å²) in [6.07, 6.45) is 3.78. The number of anilines is 1. The van der Waals surface area contributed by atoms with Gasteiger partial charge in [0.1, 0.15) is 11.4 Å². The van der Waals surface area contributed by atoms with Crippen LogP contribution in [-0.2, 0) is 26.9 Å². The molecular formula is C34H41F3N2O4. The molecule has 2 aromatic rings. The fraction of sp³-hybridized carbons (Fsp3) is 0.529. The van der Waals surface area contributed by atoms with Crippen molar-refractivity contribution in [1.82, 2.24) is 4.90 Å². The minimum atomic E-state index is -4.41. The van der Waals surface area contributed by atoms with Crippen LogP contribution in [0.15, 0.2) is 59.7 Å². The van der Waals surface area contributed by atoms with E-state index in [1.54, 1.807) is 25.0 Å². The molecule has 43 heavy (non-hydrogen) atoms. The van der Waals surface area contributed by atoms with Crippen molar-refractivity contribution in [3.05, 3.63) is 70.8 Å². The average Bonchev–Trinajstić information content (AvgIpc) is 3.30. The number of amides is 1. The number of piperazine rings is 1. The van der Waals surface area contributed by atoms with Gasteiger partial charge in [-0.3, -0.25) is 4.79 Å². The van der Waals surface area contributed by atoms with Gasteiger partial charge >= 0.3 is 12.1 Å². The maximum Gasteiger partial charge on any atom is 0.416 e. The van der Waals surface area contributed by atoms with Crippen molar-refractivity contribution in [3.63, 3.8) is 0 Å². The molecule has 232 valence electrons. The monoisotopic (exact) mass is 598 g/mol. The highest BCUT2D eigenvalue weighted by molar-refractivity contribution is 6.07. The molecule has 0 N–H and O–H groups in total. The zero-order valence-corrected chi connectivity index (χ0v) is 25.0. The standard InChI is InChI=1S/C34H41F3N2O4/c1-24-30(31(40)39-20-18-38(19-21-39)28-12-6-11-27(23-28)34(35,36)37)33(43-32(24)41)16-4-3-8-25(10-7-17-33)14-15-26-9-5-13-29(22-26)42-2/h5-6,9,11-13,22-23,25H,3-4,7-8,10,14-21H2,1-2H3. The summed E-state index contributed by atoms with van der Waals surface area (Å²) in [5.74, 6) is 0.834. The summed E-state index contributed by atoms with van der Waals surface area (Å²) in [5.41, 5.74) is 1.04. The Morgan fingerprint density at radius 3 is 2.47 bits per heavy atom. The van der Waals surface area contributed by atoms with Gasteiger partial charge in [-0.1, -0.05) is 37.5 Å². The number of halogens is 3. The van der Waals surface area contributed by atoms with Gasteiger partial charge in [0.15, 0.2) is 0 Å². The number of ether oxygens (including phenoxy) is 2. The molecule has 3 aliphatic rings. The first kappa shape index (κ1) is 31.0. The summed E-state index contributed by atoms with van der Waals surface area (Å²) in [7, 11) is 1.68. The highest BCUT2D eigenvalue weighted by Crippen LogP contribution is 2.44. The molecule has 1 saturated heterocycles. The molecule has 1 spiro atoms. The second-order valence-corrected chi connectivity index (χ2v) is 12.1. The zero-order valence-electron chi connectivity index (χ0n) is 25.0. The first-order valence-corrected chi connectivity index (χ1v) is 15.4. The summed E-state index contributed by atoms with van der Waals surface area (Å²) < 4.78 is 51.1. The largest absolute Gasteiger partial charge is 0.497 e. The molecule has 1 aliphatic carbocycles. The van der Waals surface area contributed by atoms with Crippen LogP contribution in [0.1, 0.15) is 69.4 Å². The van der Waals surface area contributed by atoms with E-state index in [1.807, 2.05) is 17.0 Å². The number of carbonyl (C=O) groups excluding carboxylic acids is 2. The Hall–Kier alpha value is -3.49.